The van der Waals surface area contributed by atoms with Crippen molar-refractivity contribution in [1.29, 1.82) is 0 Å². The van der Waals surface area contributed by atoms with E-state index in [-0.39, 0.29) is 5.57 Å². The van der Waals surface area contributed by atoms with E-state index >= 15 is 0 Å². The van der Waals surface area contributed by atoms with Crippen molar-refractivity contribution in [3.63, 3.8) is 0 Å². The van der Waals surface area contributed by atoms with Gasteiger partial charge in [-0.3, -0.25) is 0 Å². The lowest BCUT2D eigenvalue weighted by Gasteiger charge is -2.33. The number of thioether (sulfide) groups is 1. The van der Waals surface area contributed by atoms with Gasteiger partial charge in [0, 0.05) is 27.3 Å². The van der Waals surface area contributed by atoms with E-state index in [2.05, 4.69) is 4.99 Å². The summed E-state index contributed by atoms with van der Waals surface area (Å²) in [7, 11) is 1.58. The number of amidine groups is 1. The van der Waals surface area contributed by atoms with Gasteiger partial charge in [-0.25, -0.2) is 9.79 Å². The van der Waals surface area contributed by atoms with Gasteiger partial charge in [0.05, 0.1) is 29.4 Å². The molecule has 4 rings (SSSR count). The van der Waals surface area contributed by atoms with Crippen LogP contribution in [0.1, 0.15) is 30.5 Å². The molecule has 1 atom stereocenters. The van der Waals surface area contributed by atoms with Crippen molar-refractivity contribution in [3.8, 4) is 5.75 Å². The second-order valence-electron chi connectivity index (χ2n) is 6.68. The highest BCUT2D eigenvalue weighted by atomic mass is 35.5. The van der Waals surface area contributed by atoms with Gasteiger partial charge in [-0.1, -0.05) is 54.4 Å². The minimum absolute atomic E-state index is 0.242. The Morgan fingerprint density at radius 2 is 2.03 bits per heavy atom. The molecular weight excluding hydrogens is 443 g/mol. The number of fused-ring (bicyclic) bond motifs is 1. The third-order valence-electron chi connectivity index (χ3n) is 4.97. The first-order chi connectivity index (χ1) is 14.4. The molecule has 8 heteroatoms. The Balaban J connectivity index is 1.89. The van der Waals surface area contributed by atoms with Crippen LogP contribution in [-0.2, 0) is 4.79 Å². The molecule has 2 aliphatic rings. The first-order valence-electron chi connectivity index (χ1n) is 9.26. The van der Waals surface area contributed by atoms with Crippen LogP contribution < -0.4 is 4.74 Å². The second-order valence-corrected chi connectivity index (χ2v) is 8.54. The SMILES string of the molecule is CCC1=C(C(=O)O)C(c2ccccc2OC)N2C=C(c3ccc(Cl)cc3Cl)SC2=N1. The number of methoxy groups -OCH3 is 1. The van der Waals surface area contributed by atoms with E-state index in [1.807, 2.05) is 48.4 Å². The van der Waals surface area contributed by atoms with E-state index < -0.39 is 12.0 Å². The van der Waals surface area contributed by atoms with E-state index in [9.17, 15) is 9.90 Å². The number of carboxylic acids is 1. The molecule has 2 aromatic carbocycles. The number of carbonyl (C=O) groups is 1. The zero-order valence-corrected chi connectivity index (χ0v) is 18.6. The highest BCUT2D eigenvalue weighted by Gasteiger charge is 2.40. The van der Waals surface area contributed by atoms with E-state index in [1.54, 1.807) is 19.2 Å². The number of aliphatic imine (C=N–C) groups is 1. The Bertz CT molecular complexity index is 1130. The minimum Gasteiger partial charge on any atom is -0.496 e. The predicted octanol–water partition coefficient (Wildman–Crippen LogP) is 6.21. The van der Waals surface area contributed by atoms with Crippen LogP contribution in [0.25, 0.3) is 4.91 Å². The monoisotopic (exact) mass is 460 g/mol. The van der Waals surface area contributed by atoms with Crippen LogP contribution >= 0.6 is 35.0 Å². The van der Waals surface area contributed by atoms with Crippen molar-refractivity contribution < 1.29 is 14.6 Å². The van der Waals surface area contributed by atoms with Gasteiger partial charge in [0.15, 0.2) is 5.17 Å². The quantitative estimate of drug-likeness (QED) is 0.574. The number of para-hydroxylation sites is 1. The molecule has 0 radical (unpaired) electrons. The number of ether oxygens (including phenoxy) is 1. The van der Waals surface area contributed by atoms with Crippen LogP contribution in [0.5, 0.6) is 5.75 Å². The van der Waals surface area contributed by atoms with Gasteiger partial charge in [-0.15, -0.1) is 0 Å². The van der Waals surface area contributed by atoms with Crippen molar-refractivity contribution in [2.45, 2.75) is 19.4 Å². The number of benzene rings is 2. The lowest BCUT2D eigenvalue weighted by Crippen LogP contribution is -2.34. The van der Waals surface area contributed by atoms with Gasteiger partial charge in [0.2, 0.25) is 0 Å². The molecule has 2 aromatic rings. The lowest BCUT2D eigenvalue weighted by molar-refractivity contribution is -0.133. The van der Waals surface area contributed by atoms with E-state index in [0.717, 1.165) is 16.0 Å². The number of halogens is 2. The number of carboxylic acid groups (broad SMARTS) is 1. The van der Waals surface area contributed by atoms with E-state index in [1.165, 1.54) is 11.8 Å². The first kappa shape index (κ1) is 20.8. The molecule has 0 amide bonds. The molecular formula is C22H18Cl2N2O3S. The molecule has 1 unspecified atom stereocenters. The summed E-state index contributed by atoms with van der Waals surface area (Å²) in [6, 6.07) is 12.2. The summed E-state index contributed by atoms with van der Waals surface area (Å²) in [6.45, 7) is 1.90. The summed E-state index contributed by atoms with van der Waals surface area (Å²) in [5.41, 5.74) is 2.37. The normalized spacial score (nSPS) is 18.1. The summed E-state index contributed by atoms with van der Waals surface area (Å²) in [4.78, 5) is 19.7. The molecule has 2 heterocycles. The highest BCUT2D eigenvalue weighted by Crippen LogP contribution is 2.49. The predicted molar refractivity (Wildman–Crippen MR) is 122 cm³/mol. The van der Waals surface area contributed by atoms with Gasteiger partial charge in [-0.2, -0.15) is 0 Å². The zero-order chi connectivity index (χ0) is 21.4. The lowest BCUT2D eigenvalue weighted by atomic mass is 9.93. The largest absolute Gasteiger partial charge is 0.496 e. The molecule has 0 aromatic heterocycles. The summed E-state index contributed by atoms with van der Waals surface area (Å²) in [5, 5.41) is 11.8. The van der Waals surface area contributed by atoms with Crippen LogP contribution in [0.3, 0.4) is 0 Å². The number of aliphatic carboxylic acids is 1. The van der Waals surface area contributed by atoms with Gasteiger partial charge in [0.1, 0.15) is 5.75 Å². The van der Waals surface area contributed by atoms with Crippen LogP contribution in [0.2, 0.25) is 10.0 Å². The molecule has 0 spiro atoms. The maximum Gasteiger partial charge on any atom is 0.335 e. The number of hydrogen-bond donors (Lipinski definition) is 1. The zero-order valence-electron chi connectivity index (χ0n) is 16.2. The molecule has 154 valence electrons. The standard InChI is InChI=1S/C22H18Cl2N2O3S/c1-3-16-19(21(27)28)20(14-6-4-5-7-17(14)29-2)26-11-18(30-22(26)25-16)13-9-8-12(23)10-15(13)24/h4-11,20H,3H2,1-2H3,(H,27,28). The molecule has 0 saturated carbocycles. The van der Waals surface area contributed by atoms with Crippen molar-refractivity contribution in [3.05, 3.63) is 81.1 Å². The molecule has 30 heavy (non-hydrogen) atoms. The van der Waals surface area contributed by atoms with Crippen molar-refractivity contribution in [2.75, 3.05) is 7.11 Å². The second kappa shape index (κ2) is 8.38. The number of rotatable bonds is 5. The average molecular weight is 461 g/mol. The van der Waals surface area contributed by atoms with Gasteiger partial charge < -0.3 is 14.7 Å². The third kappa shape index (κ3) is 3.60. The van der Waals surface area contributed by atoms with Crippen molar-refractivity contribution in [2.24, 2.45) is 4.99 Å². The fourth-order valence-electron chi connectivity index (χ4n) is 3.62. The average Bonchev–Trinajstić information content (AvgIpc) is 3.15. The number of nitrogens with zero attached hydrogens (tertiary/aromatic N) is 2. The van der Waals surface area contributed by atoms with Gasteiger partial charge in [0.25, 0.3) is 0 Å². The van der Waals surface area contributed by atoms with E-state index in [0.29, 0.717) is 33.1 Å². The molecule has 1 N–H and O–H groups in total. The summed E-state index contributed by atoms with van der Waals surface area (Å²) < 4.78 is 5.54. The Labute approximate surface area is 188 Å². The topological polar surface area (TPSA) is 62.1 Å². The fourth-order valence-corrected chi connectivity index (χ4v) is 5.26. The highest BCUT2D eigenvalue weighted by molar-refractivity contribution is 8.22. The van der Waals surface area contributed by atoms with Crippen LogP contribution in [-0.4, -0.2) is 28.3 Å². The smallest absolute Gasteiger partial charge is 0.335 e. The van der Waals surface area contributed by atoms with Crippen LogP contribution in [0, 0.1) is 0 Å². The van der Waals surface area contributed by atoms with E-state index in [4.69, 9.17) is 27.9 Å². The molecule has 0 saturated heterocycles. The Kier molecular flexibility index (Phi) is 5.82. The molecule has 2 aliphatic heterocycles. The Hall–Kier alpha value is -2.41. The number of hydrogen-bond acceptors (Lipinski definition) is 5. The first-order valence-corrected chi connectivity index (χ1v) is 10.8. The molecule has 5 nitrogen and oxygen atoms in total. The summed E-state index contributed by atoms with van der Waals surface area (Å²) in [5.74, 6) is -0.378. The van der Waals surface area contributed by atoms with Crippen LogP contribution in [0.15, 0.2) is 64.9 Å². The van der Waals surface area contributed by atoms with Crippen molar-refractivity contribution >= 4 is 51.0 Å². The Morgan fingerprint density at radius 3 is 2.70 bits per heavy atom. The molecule has 0 aliphatic carbocycles. The van der Waals surface area contributed by atoms with Gasteiger partial charge in [-0.05, 0) is 36.4 Å². The van der Waals surface area contributed by atoms with Crippen LogP contribution in [0.4, 0.5) is 0 Å². The fraction of sp³-hybridized carbons (Fsp3) is 0.182. The number of allylic oxidation sites excluding steroid dienone is 1. The summed E-state index contributed by atoms with van der Waals surface area (Å²) in [6.07, 6.45) is 2.40. The minimum atomic E-state index is -0.998. The van der Waals surface area contributed by atoms with Gasteiger partial charge >= 0.3 is 5.97 Å². The summed E-state index contributed by atoms with van der Waals surface area (Å²) >= 11 is 13.9. The maximum absolute atomic E-state index is 12.3. The third-order valence-corrected chi connectivity index (χ3v) is 6.54. The van der Waals surface area contributed by atoms with Crippen molar-refractivity contribution in [1.82, 2.24) is 4.90 Å². The Morgan fingerprint density at radius 1 is 1.27 bits per heavy atom. The molecule has 0 fully saturated rings. The molecule has 0 bridgehead atoms. The maximum atomic E-state index is 12.3.